The number of nitrogens with zero attached hydrogens (tertiary/aromatic N) is 4. The van der Waals surface area contributed by atoms with Crippen LogP contribution in [0.4, 0.5) is 5.82 Å². The van der Waals surface area contributed by atoms with Gasteiger partial charge in [0.25, 0.3) is 5.91 Å². The Morgan fingerprint density at radius 3 is 2.22 bits per heavy atom. The molecule has 0 N–H and O–H groups in total. The molecule has 4 rings (SSSR count). The summed E-state index contributed by atoms with van der Waals surface area (Å²) >= 11 is 12.0. The first-order valence-electron chi connectivity index (χ1n) is 10.8. The van der Waals surface area contributed by atoms with Crippen LogP contribution in [0.15, 0.2) is 48.5 Å². The summed E-state index contributed by atoms with van der Waals surface area (Å²) < 4.78 is 0. The number of hydrogen-bond acceptors (Lipinski definition) is 4. The molecular weight excluding hydrogens is 443 g/mol. The Bertz CT molecular complexity index is 1100. The first-order chi connectivity index (χ1) is 15.4. The van der Waals surface area contributed by atoms with Gasteiger partial charge in [0, 0.05) is 59.5 Å². The lowest BCUT2D eigenvalue weighted by Gasteiger charge is -2.26. The third kappa shape index (κ3) is 5.22. The van der Waals surface area contributed by atoms with E-state index >= 15 is 0 Å². The van der Waals surface area contributed by atoms with E-state index in [1.165, 1.54) is 5.56 Å². The van der Waals surface area contributed by atoms with Gasteiger partial charge in [0.1, 0.15) is 11.6 Å². The van der Waals surface area contributed by atoms with Crippen LogP contribution in [0.25, 0.3) is 0 Å². The normalized spacial score (nSPS) is 14.4. The lowest BCUT2D eigenvalue weighted by molar-refractivity contribution is 0.0767. The molecule has 0 bridgehead atoms. The van der Waals surface area contributed by atoms with Crippen molar-refractivity contribution in [2.75, 3.05) is 31.1 Å². The van der Waals surface area contributed by atoms with Crippen LogP contribution in [0, 0.1) is 13.8 Å². The lowest BCUT2D eigenvalue weighted by Crippen LogP contribution is -2.35. The molecule has 0 saturated carbocycles. The third-order valence-electron chi connectivity index (χ3n) is 5.77. The Morgan fingerprint density at radius 1 is 0.875 bits per heavy atom. The second-order valence-corrected chi connectivity index (χ2v) is 8.97. The highest BCUT2D eigenvalue weighted by Gasteiger charge is 2.23. The predicted molar refractivity (Wildman–Crippen MR) is 130 cm³/mol. The Hall–Kier alpha value is -2.63. The number of benzene rings is 2. The van der Waals surface area contributed by atoms with Crippen molar-refractivity contribution in [2.24, 2.45) is 0 Å². The second kappa shape index (κ2) is 9.88. The number of amides is 1. The number of anilines is 1. The van der Waals surface area contributed by atoms with Gasteiger partial charge >= 0.3 is 0 Å². The largest absolute Gasteiger partial charge is 0.354 e. The van der Waals surface area contributed by atoms with Gasteiger partial charge < -0.3 is 9.80 Å². The zero-order valence-electron chi connectivity index (χ0n) is 18.3. The molecule has 5 nitrogen and oxygen atoms in total. The highest BCUT2D eigenvalue weighted by atomic mass is 35.5. The fourth-order valence-corrected chi connectivity index (χ4v) is 4.35. The van der Waals surface area contributed by atoms with Gasteiger partial charge in [-0.25, -0.2) is 9.97 Å². The van der Waals surface area contributed by atoms with Gasteiger partial charge in [-0.3, -0.25) is 4.79 Å². The van der Waals surface area contributed by atoms with Crippen LogP contribution in [0.2, 0.25) is 10.0 Å². The third-order valence-corrected chi connectivity index (χ3v) is 6.28. The molecule has 1 aliphatic heterocycles. The van der Waals surface area contributed by atoms with Gasteiger partial charge in [-0.05, 0) is 62.2 Å². The standard InChI is InChI=1S/C25H26Cl2N4O/c1-17-23(16-19-4-8-21(26)9-5-19)24(29-18(2)28-17)30-12-3-13-31(15-14-30)25(32)20-6-10-22(27)11-7-20/h4-11H,3,12-16H2,1-2H3. The smallest absolute Gasteiger partial charge is 0.253 e. The summed E-state index contributed by atoms with van der Waals surface area (Å²) in [5.41, 5.74) is 3.94. The number of hydrogen-bond donors (Lipinski definition) is 0. The van der Waals surface area contributed by atoms with E-state index in [0.717, 1.165) is 53.9 Å². The molecule has 0 spiro atoms. The van der Waals surface area contributed by atoms with Crippen LogP contribution < -0.4 is 4.90 Å². The zero-order valence-corrected chi connectivity index (χ0v) is 19.8. The van der Waals surface area contributed by atoms with Gasteiger partial charge in [-0.2, -0.15) is 0 Å². The van der Waals surface area contributed by atoms with Crippen molar-refractivity contribution in [1.82, 2.24) is 14.9 Å². The number of carbonyl (C=O) groups is 1. The average Bonchev–Trinajstić information content (AvgIpc) is 3.03. The van der Waals surface area contributed by atoms with E-state index in [1.54, 1.807) is 24.3 Å². The summed E-state index contributed by atoms with van der Waals surface area (Å²) in [7, 11) is 0. The molecule has 2 heterocycles. The van der Waals surface area contributed by atoms with E-state index in [4.69, 9.17) is 28.2 Å². The molecule has 166 valence electrons. The number of aryl methyl sites for hydroxylation is 2. The van der Waals surface area contributed by atoms with Gasteiger partial charge in [-0.15, -0.1) is 0 Å². The van der Waals surface area contributed by atoms with E-state index in [1.807, 2.05) is 43.0 Å². The first-order valence-corrected chi connectivity index (χ1v) is 11.5. The molecular formula is C25H26Cl2N4O. The van der Waals surface area contributed by atoms with Crippen molar-refractivity contribution in [3.05, 3.63) is 86.8 Å². The maximum Gasteiger partial charge on any atom is 0.253 e. The van der Waals surface area contributed by atoms with Gasteiger partial charge in [0.2, 0.25) is 0 Å². The van der Waals surface area contributed by atoms with E-state index in [9.17, 15) is 4.79 Å². The Kier molecular flexibility index (Phi) is 6.97. The lowest BCUT2D eigenvalue weighted by atomic mass is 10.0. The maximum atomic E-state index is 13.0. The van der Waals surface area contributed by atoms with E-state index < -0.39 is 0 Å². The fourth-order valence-electron chi connectivity index (χ4n) is 4.10. The summed E-state index contributed by atoms with van der Waals surface area (Å²) in [6.07, 6.45) is 1.62. The predicted octanol–water partition coefficient (Wildman–Crippen LogP) is 5.34. The second-order valence-electron chi connectivity index (χ2n) is 8.10. The van der Waals surface area contributed by atoms with Crippen molar-refractivity contribution in [2.45, 2.75) is 26.7 Å². The molecule has 7 heteroatoms. The average molecular weight is 469 g/mol. The van der Waals surface area contributed by atoms with Crippen molar-refractivity contribution in [3.8, 4) is 0 Å². The van der Waals surface area contributed by atoms with Crippen LogP contribution in [-0.2, 0) is 6.42 Å². The fraction of sp³-hybridized carbons (Fsp3) is 0.320. The number of aromatic nitrogens is 2. The van der Waals surface area contributed by atoms with Crippen LogP contribution in [-0.4, -0.2) is 47.0 Å². The Labute approximate surface area is 199 Å². The van der Waals surface area contributed by atoms with Gasteiger partial charge in [-0.1, -0.05) is 35.3 Å². The molecule has 32 heavy (non-hydrogen) atoms. The monoisotopic (exact) mass is 468 g/mol. The molecule has 0 radical (unpaired) electrons. The Morgan fingerprint density at radius 2 is 1.53 bits per heavy atom. The summed E-state index contributed by atoms with van der Waals surface area (Å²) in [6.45, 7) is 6.89. The van der Waals surface area contributed by atoms with E-state index in [0.29, 0.717) is 23.7 Å². The highest BCUT2D eigenvalue weighted by molar-refractivity contribution is 6.30. The minimum absolute atomic E-state index is 0.0416. The van der Waals surface area contributed by atoms with Crippen molar-refractivity contribution >= 4 is 34.9 Å². The molecule has 1 saturated heterocycles. The molecule has 1 fully saturated rings. The van der Waals surface area contributed by atoms with E-state index in [2.05, 4.69) is 9.88 Å². The number of carbonyl (C=O) groups excluding carboxylic acids is 1. The van der Waals surface area contributed by atoms with E-state index in [-0.39, 0.29) is 5.91 Å². The number of halogens is 2. The van der Waals surface area contributed by atoms with Crippen LogP contribution in [0.1, 0.15) is 39.4 Å². The molecule has 3 aromatic rings. The molecule has 0 aliphatic carbocycles. The topological polar surface area (TPSA) is 49.3 Å². The molecule has 2 aromatic carbocycles. The van der Waals surface area contributed by atoms with Crippen molar-refractivity contribution < 1.29 is 4.79 Å². The summed E-state index contributed by atoms with van der Waals surface area (Å²) in [5.74, 6) is 1.77. The van der Waals surface area contributed by atoms with Crippen LogP contribution >= 0.6 is 23.2 Å². The number of rotatable bonds is 4. The Balaban J connectivity index is 1.55. The van der Waals surface area contributed by atoms with Crippen LogP contribution in [0.3, 0.4) is 0 Å². The van der Waals surface area contributed by atoms with Crippen LogP contribution in [0.5, 0.6) is 0 Å². The molecule has 1 amide bonds. The summed E-state index contributed by atoms with van der Waals surface area (Å²) in [5, 5.41) is 1.36. The van der Waals surface area contributed by atoms with Gasteiger partial charge in [0.15, 0.2) is 0 Å². The zero-order chi connectivity index (χ0) is 22.7. The van der Waals surface area contributed by atoms with Crippen molar-refractivity contribution in [1.29, 1.82) is 0 Å². The first kappa shape index (κ1) is 22.6. The van der Waals surface area contributed by atoms with Crippen molar-refractivity contribution in [3.63, 3.8) is 0 Å². The highest BCUT2D eigenvalue weighted by Crippen LogP contribution is 2.26. The molecule has 1 aliphatic rings. The quantitative estimate of drug-likeness (QED) is 0.518. The summed E-state index contributed by atoms with van der Waals surface area (Å²) in [4.78, 5) is 26.6. The SMILES string of the molecule is Cc1nc(C)c(Cc2ccc(Cl)cc2)c(N2CCCN(C(=O)c3ccc(Cl)cc3)CC2)n1. The summed E-state index contributed by atoms with van der Waals surface area (Å²) in [6, 6.07) is 15.0. The molecule has 1 aromatic heterocycles. The molecule has 0 atom stereocenters. The minimum atomic E-state index is 0.0416. The maximum absolute atomic E-state index is 13.0. The van der Waals surface area contributed by atoms with Gasteiger partial charge in [0.05, 0.1) is 0 Å². The minimum Gasteiger partial charge on any atom is -0.354 e. The molecule has 0 unspecified atom stereocenters.